The minimum atomic E-state index is -0.630. The van der Waals surface area contributed by atoms with E-state index in [1.165, 1.54) is 0 Å². The fraction of sp³-hybridized carbons (Fsp3) is 0.833. The van der Waals surface area contributed by atoms with Crippen LogP contribution in [0.5, 0.6) is 0 Å². The van der Waals surface area contributed by atoms with Crippen molar-refractivity contribution < 1.29 is 33.8 Å². The van der Waals surface area contributed by atoms with Gasteiger partial charge < -0.3 is 35.4 Å². The molecule has 2 saturated carbocycles. The molecule has 0 bridgehead atoms. The number of ether oxygens (including phenoxy) is 2. The van der Waals surface area contributed by atoms with Gasteiger partial charge in [0, 0.05) is 32.1 Å². The van der Waals surface area contributed by atoms with E-state index in [0.29, 0.717) is 13.1 Å². The summed E-state index contributed by atoms with van der Waals surface area (Å²) in [5, 5.41) is 16.6. The second kappa shape index (κ2) is 11.9. The lowest BCUT2D eigenvalue weighted by Gasteiger charge is -2.39. The number of alkyl carbamates (subject to hydrolysis) is 2. The van der Waals surface area contributed by atoms with Crippen molar-refractivity contribution in [2.75, 3.05) is 26.2 Å². The first-order chi connectivity index (χ1) is 16.1. The van der Waals surface area contributed by atoms with Crippen LogP contribution in [0.4, 0.5) is 9.59 Å². The summed E-state index contributed by atoms with van der Waals surface area (Å²) < 4.78 is 10.2. The normalized spacial score (nSPS) is 19.9. The molecule has 0 radical (unpaired) electrons. The fourth-order valence-corrected chi connectivity index (χ4v) is 3.01. The van der Waals surface area contributed by atoms with Crippen molar-refractivity contribution in [3.05, 3.63) is 0 Å². The van der Waals surface area contributed by atoms with Crippen LogP contribution in [0.2, 0.25) is 0 Å². The summed E-state index contributed by atoms with van der Waals surface area (Å²) in [6.07, 6.45) is 3.12. The lowest BCUT2D eigenvalue weighted by Crippen LogP contribution is -2.61. The molecule has 35 heavy (non-hydrogen) atoms. The number of likely N-dealkylation sites (tertiary alicyclic amines) is 1. The Labute approximate surface area is 207 Å². The lowest BCUT2D eigenvalue weighted by molar-refractivity contribution is -0.138. The molecule has 2 saturated heterocycles. The number of carboxylic acids is 1. The molecule has 11 heteroatoms. The molecule has 2 aliphatic heterocycles. The van der Waals surface area contributed by atoms with Crippen LogP contribution in [-0.4, -0.2) is 83.5 Å². The SMILES string of the molecule is CC(C)(C)OC(=O)NC1CN(C(=O)C2CC2)C1.CC(C)(C)OC(=O)NC1CNC1.O=C(O)C1CC1. The Kier molecular flexibility index (Phi) is 9.76. The highest BCUT2D eigenvalue weighted by Gasteiger charge is 2.40. The molecule has 3 amide bonds. The molecule has 4 rings (SSSR count). The number of amides is 3. The lowest BCUT2D eigenvalue weighted by atomic mass is 10.1. The molecule has 4 N–H and O–H groups in total. The van der Waals surface area contributed by atoms with Crippen LogP contribution in [0.3, 0.4) is 0 Å². The van der Waals surface area contributed by atoms with Crippen LogP contribution < -0.4 is 16.0 Å². The minimum absolute atomic E-state index is 0.0185. The maximum absolute atomic E-state index is 11.6. The molecule has 4 fully saturated rings. The molecule has 11 nitrogen and oxygen atoms in total. The molecule has 4 aliphatic rings. The summed E-state index contributed by atoms with van der Waals surface area (Å²) in [4.78, 5) is 45.7. The van der Waals surface area contributed by atoms with Crippen LogP contribution in [0.1, 0.15) is 67.2 Å². The summed E-state index contributed by atoms with van der Waals surface area (Å²) in [5.41, 5.74) is -0.876. The molecule has 2 aliphatic carbocycles. The zero-order valence-electron chi connectivity index (χ0n) is 21.8. The Balaban J connectivity index is 0.000000207. The Morgan fingerprint density at radius 1 is 0.771 bits per heavy atom. The Morgan fingerprint density at radius 2 is 1.20 bits per heavy atom. The van der Waals surface area contributed by atoms with Gasteiger partial charge in [-0.2, -0.15) is 0 Å². The van der Waals surface area contributed by atoms with Crippen molar-refractivity contribution in [1.29, 1.82) is 0 Å². The topological polar surface area (TPSA) is 146 Å². The van der Waals surface area contributed by atoms with Gasteiger partial charge in [0.25, 0.3) is 0 Å². The third-order valence-corrected chi connectivity index (χ3v) is 5.27. The van der Waals surface area contributed by atoms with E-state index < -0.39 is 23.3 Å². The second-order valence-electron chi connectivity index (χ2n) is 11.5. The van der Waals surface area contributed by atoms with Gasteiger partial charge in [-0.15, -0.1) is 0 Å². The number of hydrogen-bond donors (Lipinski definition) is 4. The first-order valence-electron chi connectivity index (χ1n) is 12.3. The zero-order chi connectivity index (χ0) is 26.4. The van der Waals surface area contributed by atoms with Crippen molar-refractivity contribution in [2.24, 2.45) is 11.8 Å². The molecule has 0 unspecified atom stereocenters. The predicted octanol–water partition coefficient (Wildman–Crippen LogP) is 2.10. The Bertz CT molecular complexity index is 757. The summed E-state index contributed by atoms with van der Waals surface area (Å²) in [5.74, 6) is -0.107. The second-order valence-corrected chi connectivity index (χ2v) is 11.5. The van der Waals surface area contributed by atoms with Crippen LogP contribution in [0.25, 0.3) is 0 Å². The minimum Gasteiger partial charge on any atom is -0.481 e. The van der Waals surface area contributed by atoms with Gasteiger partial charge in [-0.3, -0.25) is 9.59 Å². The van der Waals surface area contributed by atoms with Crippen molar-refractivity contribution in [3.8, 4) is 0 Å². The zero-order valence-corrected chi connectivity index (χ0v) is 21.8. The highest BCUT2D eigenvalue weighted by molar-refractivity contribution is 5.82. The van der Waals surface area contributed by atoms with Gasteiger partial charge >= 0.3 is 18.2 Å². The number of aliphatic carboxylic acids is 1. The van der Waals surface area contributed by atoms with Crippen LogP contribution in [0, 0.1) is 11.8 Å². The third-order valence-electron chi connectivity index (χ3n) is 5.27. The van der Waals surface area contributed by atoms with Crippen molar-refractivity contribution in [2.45, 2.75) is 90.5 Å². The fourth-order valence-electron chi connectivity index (χ4n) is 3.01. The first-order valence-corrected chi connectivity index (χ1v) is 12.3. The predicted molar refractivity (Wildman–Crippen MR) is 129 cm³/mol. The van der Waals surface area contributed by atoms with E-state index in [-0.39, 0.29) is 35.9 Å². The van der Waals surface area contributed by atoms with E-state index in [1.807, 2.05) is 41.5 Å². The van der Waals surface area contributed by atoms with Gasteiger partial charge in [-0.25, -0.2) is 9.59 Å². The first kappa shape index (κ1) is 28.7. The van der Waals surface area contributed by atoms with Crippen molar-refractivity contribution >= 4 is 24.1 Å². The van der Waals surface area contributed by atoms with Crippen LogP contribution >= 0.6 is 0 Å². The molecule has 0 aromatic carbocycles. The number of carboxylic acid groups (broad SMARTS) is 1. The van der Waals surface area contributed by atoms with Crippen molar-refractivity contribution in [1.82, 2.24) is 20.9 Å². The third kappa shape index (κ3) is 12.1. The standard InChI is InChI=1S/C12H20N2O3.C8H16N2O2.C4H6O2/c1-12(2,3)17-11(16)13-9-6-14(7-9)10(15)8-4-5-8;1-8(2,3)12-7(11)10-6-4-9-5-6;5-4(6)3-1-2-3/h8-9H,4-7H2,1-3H3,(H,13,16);6,9H,4-5H2,1-3H3,(H,10,11);3H,1-2H2,(H,5,6). The molecular weight excluding hydrogens is 456 g/mol. The molecular formula is C24H42N4O7. The van der Waals surface area contributed by atoms with E-state index >= 15 is 0 Å². The summed E-state index contributed by atoms with van der Waals surface area (Å²) in [7, 11) is 0. The van der Waals surface area contributed by atoms with E-state index in [4.69, 9.17) is 14.6 Å². The molecule has 0 atom stereocenters. The molecule has 0 spiro atoms. The number of carbonyl (C=O) groups excluding carboxylic acids is 3. The number of nitrogens with one attached hydrogen (secondary N) is 3. The molecule has 0 aromatic heterocycles. The number of hydrogen-bond acceptors (Lipinski definition) is 7. The highest BCUT2D eigenvalue weighted by Crippen LogP contribution is 2.32. The van der Waals surface area contributed by atoms with Crippen LogP contribution in [-0.2, 0) is 19.1 Å². The molecule has 200 valence electrons. The van der Waals surface area contributed by atoms with E-state index in [2.05, 4.69) is 16.0 Å². The van der Waals surface area contributed by atoms with Crippen LogP contribution in [0.15, 0.2) is 0 Å². The van der Waals surface area contributed by atoms with Crippen molar-refractivity contribution in [3.63, 3.8) is 0 Å². The summed E-state index contributed by atoms with van der Waals surface area (Å²) in [6, 6.07) is 0.299. The number of rotatable bonds is 4. The highest BCUT2D eigenvalue weighted by atomic mass is 16.6. The van der Waals surface area contributed by atoms with E-state index in [9.17, 15) is 19.2 Å². The molecule has 2 heterocycles. The number of nitrogens with zero attached hydrogens (tertiary/aromatic N) is 1. The van der Waals surface area contributed by atoms with Gasteiger partial charge in [0.2, 0.25) is 5.91 Å². The number of carbonyl (C=O) groups is 4. The Morgan fingerprint density at radius 3 is 1.49 bits per heavy atom. The summed E-state index contributed by atoms with van der Waals surface area (Å²) >= 11 is 0. The maximum atomic E-state index is 11.6. The quantitative estimate of drug-likeness (QED) is 0.461. The monoisotopic (exact) mass is 498 g/mol. The van der Waals surface area contributed by atoms with Gasteiger partial charge in [-0.05, 0) is 67.2 Å². The summed E-state index contributed by atoms with van der Waals surface area (Å²) in [6.45, 7) is 14.0. The largest absolute Gasteiger partial charge is 0.481 e. The van der Waals surface area contributed by atoms with Gasteiger partial charge in [-0.1, -0.05) is 0 Å². The van der Waals surface area contributed by atoms with E-state index in [1.54, 1.807) is 4.90 Å². The Hall–Kier alpha value is -2.56. The average molecular weight is 499 g/mol. The van der Waals surface area contributed by atoms with E-state index in [0.717, 1.165) is 38.8 Å². The maximum Gasteiger partial charge on any atom is 0.407 e. The van der Waals surface area contributed by atoms with Gasteiger partial charge in [0.15, 0.2) is 0 Å². The smallest absolute Gasteiger partial charge is 0.407 e. The van der Waals surface area contributed by atoms with Gasteiger partial charge in [0.1, 0.15) is 11.2 Å². The van der Waals surface area contributed by atoms with Gasteiger partial charge in [0.05, 0.1) is 18.0 Å². The molecule has 0 aromatic rings. The average Bonchev–Trinajstić information content (AvgIpc) is 3.51.